The summed E-state index contributed by atoms with van der Waals surface area (Å²) in [6, 6.07) is 9.15. The predicted octanol–water partition coefficient (Wildman–Crippen LogP) is 1.98. The first-order valence-electron chi connectivity index (χ1n) is 5.18. The Morgan fingerprint density at radius 2 is 1.83 bits per heavy atom. The lowest BCUT2D eigenvalue weighted by atomic mass is 10.3. The van der Waals surface area contributed by atoms with Gasteiger partial charge in [0.15, 0.2) is 11.5 Å². The van der Waals surface area contributed by atoms with Crippen LogP contribution in [-0.4, -0.2) is 19.2 Å². The molecule has 94 valence electrons. The Balaban J connectivity index is 2.34. The molecule has 0 fully saturated rings. The Kier molecular flexibility index (Phi) is 3.20. The highest BCUT2D eigenvalue weighted by molar-refractivity contribution is 7.87. The fourth-order valence-corrected chi connectivity index (χ4v) is 2.42. The van der Waals surface area contributed by atoms with Gasteiger partial charge in [-0.2, -0.15) is 8.42 Å². The molecular weight excluding hydrogens is 254 g/mol. The summed E-state index contributed by atoms with van der Waals surface area (Å²) in [5.74, 6) is -0.287. The number of aromatic amines is 1. The maximum absolute atomic E-state index is 11.9. The lowest BCUT2D eigenvalue weighted by Gasteiger charge is -2.06. The molecule has 0 spiro atoms. The zero-order chi connectivity index (χ0) is 13.2. The number of carbonyl (C=O) groups excluding carboxylic acids is 1. The summed E-state index contributed by atoms with van der Waals surface area (Å²) in [5, 5.41) is 0. The molecule has 0 radical (unpaired) electrons. The average molecular weight is 265 g/mol. The largest absolute Gasteiger partial charge is 0.377 e. The molecule has 1 N–H and O–H groups in total. The fraction of sp³-hybridized carbons (Fsp3) is 0.0833. The van der Waals surface area contributed by atoms with Gasteiger partial charge in [-0.1, -0.05) is 18.2 Å². The van der Waals surface area contributed by atoms with Crippen molar-refractivity contribution in [2.45, 2.75) is 11.8 Å². The molecule has 0 saturated heterocycles. The second kappa shape index (κ2) is 4.66. The number of nitrogens with one attached hydrogen (secondary N) is 1. The van der Waals surface area contributed by atoms with Crippen molar-refractivity contribution in [3.63, 3.8) is 0 Å². The Bertz CT molecular complexity index is 658. The van der Waals surface area contributed by atoms with Crippen LogP contribution in [0.25, 0.3) is 0 Å². The van der Waals surface area contributed by atoms with Crippen LogP contribution in [0.2, 0.25) is 0 Å². The number of Topliss-reactive ketones (excluding diaryl/α,β-unsaturated/α-hetero) is 1. The molecule has 1 heterocycles. The number of benzene rings is 1. The molecule has 0 saturated carbocycles. The summed E-state index contributed by atoms with van der Waals surface area (Å²) in [7, 11) is -3.91. The Labute approximate surface area is 105 Å². The Hall–Kier alpha value is -2.08. The standard InChI is InChI=1S/C12H11NO4S/c1-9(14)12-11(7-8-13-12)17-18(15,16)10-5-3-2-4-6-10/h2-8,13H,1H3. The van der Waals surface area contributed by atoms with E-state index in [2.05, 4.69) is 4.98 Å². The number of hydrogen-bond acceptors (Lipinski definition) is 4. The highest BCUT2D eigenvalue weighted by Crippen LogP contribution is 2.22. The molecule has 0 aliphatic rings. The van der Waals surface area contributed by atoms with E-state index in [1.54, 1.807) is 18.2 Å². The minimum absolute atomic E-state index is 0.00588. The zero-order valence-corrected chi connectivity index (χ0v) is 10.4. The fourth-order valence-electron chi connectivity index (χ4n) is 1.45. The molecule has 5 nitrogen and oxygen atoms in total. The van der Waals surface area contributed by atoms with Gasteiger partial charge in [-0.3, -0.25) is 4.79 Å². The van der Waals surface area contributed by atoms with Crippen LogP contribution in [-0.2, 0) is 10.1 Å². The van der Waals surface area contributed by atoms with Crippen LogP contribution < -0.4 is 4.18 Å². The van der Waals surface area contributed by atoms with Crippen LogP contribution in [0.1, 0.15) is 17.4 Å². The van der Waals surface area contributed by atoms with Crippen molar-refractivity contribution < 1.29 is 17.4 Å². The van der Waals surface area contributed by atoms with E-state index in [0.29, 0.717) is 0 Å². The molecule has 0 aliphatic carbocycles. The summed E-state index contributed by atoms with van der Waals surface area (Å²) >= 11 is 0. The third-order valence-electron chi connectivity index (χ3n) is 2.29. The normalized spacial score (nSPS) is 11.2. The van der Waals surface area contributed by atoms with Crippen LogP contribution >= 0.6 is 0 Å². The Morgan fingerprint density at radius 3 is 2.44 bits per heavy atom. The summed E-state index contributed by atoms with van der Waals surface area (Å²) in [6.07, 6.45) is 1.45. The second-order valence-electron chi connectivity index (χ2n) is 3.62. The molecular formula is C12H11NO4S. The summed E-state index contributed by atoms with van der Waals surface area (Å²) in [6.45, 7) is 1.33. The van der Waals surface area contributed by atoms with E-state index in [-0.39, 0.29) is 22.1 Å². The van der Waals surface area contributed by atoms with Gasteiger partial charge >= 0.3 is 10.1 Å². The molecule has 2 aromatic rings. The molecule has 0 aliphatic heterocycles. The minimum Gasteiger partial charge on any atom is -0.377 e. The molecule has 0 amide bonds. The highest BCUT2D eigenvalue weighted by atomic mass is 32.2. The van der Waals surface area contributed by atoms with Crippen LogP contribution in [0.3, 0.4) is 0 Å². The van der Waals surface area contributed by atoms with Gasteiger partial charge in [-0.25, -0.2) is 0 Å². The molecule has 0 atom stereocenters. The number of hydrogen-bond donors (Lipinski definition) is 1. The van der Waals surface area contributed by atoms with Gasteiger partial charge in [0.2, 0.25) is 0 Å². The highest BCUT2D eigenvalue weighted by Gasteiger charge is 2.20. The molecule has 0 unspecified atom stereocenters. The van der Waals surface area contributed by atoms with Crippen molar-refractivity contribution in [1.29, 1.82) is 0 Å². The van der Waals surface area contributed by atoms with E-state index < -0.39 is 10.1 Å². The number of H-pyrrole nitrogens is 1. The summed E-state index contributed by atoms with van der Waals surface area (Å²) in [5.41, 5.74) is 0.134. The monoisotopic (exact) mass is 265 g/mol. The first kappa shape index (κ1) is 12.4. The van der Waals surface area contributed by atoms with Crippen LogP contribution in [0.5, 0.6) is 5.75 Å². The molecule has 6 heteroatoms. The van der Waals surface area contributed by atoms with Gasteiger partial charge in [-0.05, 0) is 12.1 Å². The van der Waals surface area contributed by atoms with Crippen molar-refractivity contribution in [3.05, 3.63) is 48.3 Å². The second-order valence-corrected chi connectivity index (χ2v) is 5.17. The smallest absolute Gasteiger partial charge is 0.339 e. The quantitative estimate of drug-likeness (QED) is 0.677. The van der Waals surface area contributed by atoms with Gasteiger partial charge in [0.05, 0.1) is 0 Å². The van der Waals surface area contributed by atoms with Crippen molar-refractivity contribution >= 4 is 15.9 Å². The van der Waals surface area contributed by atoms with Gasteiger partial charge < -0.3 is 9.17 Å². The Morgan fingerprint density at radius 1 is 1.17 bits per heavy atom. The average Bonchev–Trinajstić information content (AvgIpc) is 2.78. The van der Waals surface area contributed by atoms with E-state index in [1.165, 1.54) is 31.3 Å². The van der Waals surface area contributed by atoms with Crippen molar-refractivity contribution in [2.75, 3.05) is 0 Å². The third-order valence-corrected chi connectivity index (χ3v) is 3.54. The molecule has 0 bridgehead atoms. The van der Waals surface area contributed by atoms with Crippen molar-refractivity contribution in [1.82, 2.24) is 4.98 Å². The van der Waals surface area contributed by atoms with E-state index in [1.807, 2.05) is 0 Å². The van der Waals surface area contributed by atoms with Gasteiger partial charge in [0.1, 0.15) is 10.6 Å². The van der Waals surface area contributed by atoms with Gasteiger partial charge in [0.25, 0.3) is 0 Å². The number of carbonyl (C=O) groups is 1. The topological polar surface area (TPSA) is 76.2 Å². The maximum atomic E-state index is 11.9. The zero-order valence-electron chi connectivity index (χ0n) is 9.58. The summed E-state index contributed by atoms with van der Waals surface area (Å²) in [4.78, 5) is 13.9. The summed E-state index contributed by atoms with van der Waals surface area (Å²) < 4.78 is 28.8. The van der Waals surface area contributed by atoms with Gasteiger partial charge in [-0.15, -0.1) is 0 Å². The predicted molar refractivity (Wildman–Crippen MR) is 65.1 cm³/mol. The number of rotatable bonds is 4. The SMILES string of the molecule is CC(=O)c1[nH]ccc1OS(=O)(=O)c1ccccc1. The van der Waals surface area contributed by atoms with E-state index in [0.717, 1.165) is 0 Å². The molecule has 1 aromatic carbocycles. The van der Waals surface area contributed by atoms with Crippen LogP contribution in [0.15, 0.2) is 47.5 Å². The van der Waals surface area contributed by atoms with Crippen molar-refractivity contribution in [2.24, 2.45) is 0 Å². The first-order chi connectivity index (χ1) is 8.50. The van der Waals surface area contributed by atoms with Crippen molar-refractivity contribution in [3.8, 4) is 5.75 Å². The minimum atomic E-state index is -3.91. The maximum Gasteiger partial charge on any atom is 0.339 e. The molecule has 18 heavy (non-hydrogen) atoms. The van der Waals surface area contributed by atoms with E-state index in [9.17, 15) is 13.2 Å². The van der Waals surface area contributed by atoms with E-state index in [4.69, 9.17) is 4.18 Å². The molecule has 2 rings (SSSR count). The number of ketones is 1. The third kappa shape index (κ3) is 2.43. The van der Waals surface area contributed by atoms with Crippen LogP contribution in [0.4, 0.5) is 0 Å². The van der Waals surface area contributed by atoms with Gasteiger partial charge in [0, 0.05) is 19.2 Å². The number of aromatic nitrogens is 1. The first-order valence-corrected chi connectivity index (χ1v) is 6.59. The van der Waals surface area contributed by atoms with Crippen LogP contribution in [0, 0.1) is 0 Å². The van der Waals surface area contributed by atoms with E-state index >= 15 is 0 Å². The lowest BCUT2D eigenvalue weighted by molar-refractivity contribution is 0.101. The molecule has 1 aromatic heterocycles. The lowest BCUT2D eigenvalue weighted by Crippen LogP contribution is -2.11.